The molecule has 1 aliphatic heterocycles. The number of benzene rings is 3. The van der Waals surface area contributed by atoms with Crippen LogP contribution in [0.3, 0.4) is 0 Å². The summed E-state index contributed by atoms with van der Waals surface area (Å²) in [7, 11) is 0.855. The average Bonchev–Trinajstić information content (AvgIpc) is 3.08. The highest BCUT2D eigenvalue weighted by molar-refractivity contribution is 14.1. The highest BCUT2D eigenvalue weighted by atomic mass is 127. The summed E-state index contributed by atoms with van der Waals surface area (Å²) < 4.78 is 34.1. The van der Waals surface area contributed by atoms with Gasteiger partial charge >= 0.3 is 0 Å². The summed E-state index contributed by atoms with van der Waals surface area (Å²) in [5.74, 6) is 1.28. The van der Waals surface area contributed by atoms with Crippen molar-refractivity contribution in [1.82, 2.24) is 0 Å². The SMILES string of the molecule is COc1ccc(C[C@H]2O[C@H](CCO[Si](c3ccccc3)(c3ccccc3)C(C)(C)C)C[C@H](C[C@H](OC)/C(C)=C/[C@@H](C)C/C=C/I)O2)cc1. The Bertz CT molecular complexity index is 1380. The molecule has 0 unspecified atom stereocenters. The van der Waals surface area contributed by atoms with Crippen LogP contribution in [0.5, 0.6) is 5.75 Å². The number of rotatable bonds is 16. The minimum atomic E-state index is -2.64. The number of halogens is 1. The lowest BCUT2D eigenvalue weighted by atomic mass is 9.95. The van der Waals surface area contributed by atoms with E-state index in [1.807, 2.05) is 12.1 Å². The first-order valence-electron chi connectivity index (χ1n) is 17.2. The van der Waals surface area contributed by atoms with Crippen LogP contribution in [-0.4, -0.2) is 53.7 Å². The topological polar surface area (TPSA) is 46.2 Å². The first-order chi connectivity index (χ1) is 23.1. The van der Waals surface area contributed by atoms with Gasteiger partial charge in [-0.1, -0.05) is 135 Å². The molecule has 5 atom stereocenters. The molecule has 48 heavy (non-hydrogen) atoms. The van der Waals surface area contributed by atoms with Crippen molar-refractivity contribution < 1.29 is 23.4 Å². The summed E-state index contributed by atoms with van der Waals surface area (Å²) in [6, 6.07) is 29.9. The van der Waals surface area contributed by atoms with E-state index in [9.17, 15) is 0 Å². The van der Waals surface area contributed by atoms with Crippen LogP contribution in [0, 0.1) is 5.92 Å². The number of hydrogen-bond acceptors (Lipinski definition) is 5. The molecular weight excluding hydrogens is 727 g/mol. The molecule has 0 aromatic heterocycles. The van der Waals surface area contributed by atoms with E-state index in [1.54, 1.807) is 14.2 Å². The lowest BCUT2D eigenvalue weighted by molar-refractivity contribution is -0.247. The van der Waals surface area contributed by atoms with Crippen molar-refractivity contribution in [2.45, 2.75) is 96.4 Å². The van der Waals surface area contributed by atoms with E-state index in [0.717, 1.165) is 37.0 Å². The van der Waals surface area contributed by atoms with Gasteiger partial charge in [-0.05, 0) is 68.4 Å². The zero-order valence-corrected chi connectivity index (χ0v) is 33.0. The Balaban J connectivity index is 1.55. The van der Waals surface area contributed by atoms with Gasteiger partial charge in [0.2, 0.25) is 0 Å². The van der Waals surface area contributed by atoms with Crippen molar-refractivity contribution in [3.8, 4) is 5.75 Å². The molecule has 0 aliphatic carbocycles. The minimum absolute atomic E-state index is 0.000259. The van der Waals surface area contributed by atoms with Crippen LogP contribution in [0.4, 0.5) is 0 Å². The second kappa shape index (κ2) is 18.6. The minimum Gasteiger partial charge on any atom is -0.497 e. The smallest absolute Gasteiger partial charge is 0.261 e. The summed E-state index contributed by atoms with van der Waals surface area (Å²) in [4.78, 5) is 0. The number of allylic oxidation sites excluding steroid dienone is 2. The first kappa shape index (κ1) is 38.5. The highest BCUT2D eigenvalue weighted by Crippen LogP contribution is 2.37. The van der Waals surface area contributed by atoms with E-state index in [1.165, 1.54) is 15.9 Å². The van der Waals surface area contributed by atoms with Crippen LogP contribution in [0.25, 0.3) is 0 Å². The molecule has 1 saturated heterocycles. The molecule has 5 nitrogen and oxygen atoms in total. The van der Waals surface area contributed by atoms with Gasteiger partial charge in [0.1, 0.15) is 5.75 Å². The third kappa shape index (κ3) is 10.4. The Kier molecular flexibility index (Phi) is 15.0. The zero-order valence-electron chi connectivity index (χ0n) is 29.9. The van der Waals surface area contributed by atoms with Crippen LogP contribution >= 0.6 is 22.6 Å². The van der Waals surface area contributed by atoms with Crippen molar-refractivity contribution in [3.63, 3.8) is 0 Å². The molecule has 1 heterocycles. The van der Waals surface area contributed by atoms with Gasteiger partial charge in [0, 0.05) is 33.0 Å². The fraction of sp³-hybridized carbons (Fsp3) is 0.463. The van der Waals surface area contributed by atoms with Gasteiger partial charge in [-0.25, -0.2) is 0 Å². The first-order valence-corrected chi connectivity index (χ1v) is 20.4. The zero-order chi connectivity index (χ0) is 34.6. The lowest BCUT2D eigenvalue weighted by Crippen LogP contribution is -2.66. The standard InChI is InChI=1S/C41H55IO5Si/c1-31(15-14-25-42)27-32(2)39(44-7)30-36-29-35(46-40(47-36)28-33-20-22-34(43-6)23-21-33)24-26-45-48(41(3,4)5,37-16-10-8-11-17-37)38-18-12-9-13-19-38/h8-14,16-23,25,27,31,35-36,39-40H,15,24,26,28-30H2,1-7H3/b25-14+,32-27+/t31-,35+,36+,39-,40-/m0/s1. The van der Waals surface area contributed by atoms with E-state index in [-0.39, 0.29) is 29.6 Å². The molecule has 1 aliphatic rings. The van der Waals surface area contributed by atoms with Crippen LogP contribution in [-0.2, 0) is 25.1 Å². The molecule has 0 bridgehead atoms. The van der Waals surface area contributed by atoms with Gasteiger partial charge in [-0.2, -0.15) is 0 Å². The second-order valence-electron chi connectivity index (χ2n) is 14.0. The largest absolute Gasteiger partial charge is 0.497 e. The summed E-state index contributed by atoms with van der Waals surface area (Å²) in [5, 5.41) is 2.51. The van der Waals surface area contributed by atoms with Gasteiger partial charge in [-0.3, -0.25) is 0 Å². The molecule has 7 heteroatoms. The predicted molar refractivity (Wildman–Crippen MR) is 209 cm³/mol. The highest BCUT2D eigenvalue weighted by Gasteiger charge is 2.50. The Morgan fingerprint density at radius 3 is 2.06 bits per heavy atom. The number of hydrogen-bond donors (Lipinski definition) is 0. The quantitative estimate of drug-likeness (QED) is 0.0825. The molecule has 260 valence electrons. The third-order valence-corrected chi connectivity index (χ3v) is 14.9. The van der Waals surface area contributed by atoms with E-state index < -0.39 is 8.32 Å². The van der Waals surface area contributed by atoms with Gasteiger partial charge in [0.05, 0.1) is 25.4 Å². The van der Waals surface area contributed by atoms with Crippen LogP contribution in [0.1, 0.15) is 65.9 Å². The summed E-state index contributed by atoms with van der Waals surface area (Å²) in [6.07, 6.45) is 8.22. The Labute approximate surface area is 304 Å². The fourth-order valence-corrected chi connectivity index (χ4v) is 11.8. The van der Waals surface area contributed by atoms with Crippen molar-refractivity contribution in [3.05, 3.63) is 112 Å². The lowest BCUT2D eigenvalue weighted by Gasteiger charge is -2.43. The fourth-order valence-electron chi connectivity index (χ4n) is 6.96. The molecule has 3 aromatic carbocycles. The average molecular weight is 783 g/mol. The van der Waals surface area contributed by atoms with Gasteiger partial charge < -0.3 is 23.4 Å². The van der Waals surface area contributed by atoms with E-state index in [0.29, 0.717) is 18.9 Å². The summed E-state index contributed by atoms with van der Waals surface area (Å²) >= 11 is 2.28. The normalized spacial score (nSPS) is 20.5. The second-order valence-corrected chi connectivity index (χ2v) is 19.0. The molecular formula is C41H55IO5Si. The molecule has 0 saturated carbocycles. The van der Waals surface area contributed by atoms with Crippen molar-refractivity contribution in [2.75, 3.05) is 20.8 Å². The number of ether oxygens (including phenoxy) is 4. The third-order valence-electron chi connectivity index (χ3n) is 9.36. The van der Waals surface area contributed by atoms with Crippen molar-refractivity contribution in [2.24, 2.45) is 5.92 Å². The maximum absolute atomic E-state index is 7.26. The van der Waals surface area contributed by atoms with Crippen LogP contribution < -0.4 is 15.1 Å². The molecule has 0 N–H and O–H groups in total. The van der Waals surface area contributed by atoms with Gasteiger partial charge in [0.15, 0.2) is 6.29 Å². The van der Waals surface area contributed by atoms with E-state index in [4.69, 9.17) is 23.4 Å². The number of methoxy groups -OCH3 is 2. The Morgan fingerprint density at radius 1 is 0.917 bits per heavy atom. The Hall–Kier alpha value is -2.27. The molecule has 1 fully saturated rings. The summed E-state index contributed by atoms with van der Waals surface area (Å²) in [5.41, 5.74) is 2.40. The maximum Gasteiger partial charge on any atom is 0.261 e. The maximum atomic E-state index is 7.26. The van der Waals surface area contributed by atoms with Crippen LogP contribution in [0.15, 0.2) is 107 Å². The van der Waals surface area contributed by atoms with Crippen molar-refractivity contribution >= 4 is 41.3 Å². The van der Waals surface area contributed by atoms with E-state index in [2.05, 4.69) is 146 Å². The van der Waals surface area contributed by atoms with Gasteiger partial charge in [-0.15, -0.1) is 0 Å². The molecule has 0 amide bonds. The van der Waals surface area contributed by atoms with Gasteiger partial charge in [0.25, 0.3) is 8.32 Å². The van der Waals surface area contributed by atoms with Crippen molar-refractivity contribution in [1.29, 1.82) is 0 Å². The molecule has 4 rings (SSSR count). The monoisotopic (exact) mass is 782 g/mol. The molecule has 3 aromatic rings. The predicted octanol–water partition coefficient (Wildman–Crippen LogP) is 9.03. The summed E-state index contributed by atoms with van der Waals surface area (Å²) in [6.45, 7) is 12.0. The molecule has 0 radical (unpaired) electrons. The van der Waals surface area contributed by atoms with E-state index >= 15 is 0 Å². The van der Waals surface area contributed by atoms with Crippen LogP contribution in [0.2, 0.25) is 5.04 Å². The molecule has 0 spiro atoms. The Morgan fingerprint density at radius 2 is 1.52 bits per heavy atom.